The Labute approximate surface area is 120 Å². The van der Waals surface area contributed by atoms with Crippen LogP contribution < -0.4 is 5.48 Å². The van der Waals surface area contributed by atoms with Crippen LogP contribution in [0.4, 0.5) is 4.39 Å². The van der Waals surface area contributed by atoms with E-state index in [4.69, 9.17) is 5.21 Å². The van der Waals surface area contributed by atoms with E-state index in [0.29, 0.717) is 12.1 Å². The minimum absolute atomic E-state index is 0.266. The van der Waals surface area contributed by atoms with E-state index in [9.17, 15) is 9.18 Å². The molecule has 0 aliphatic heterocycles. The molecule has 0 fully saturated rings. The zero-order valence-corrected chi connectivity index (χ0v) is 11.1. The van der Waals surface area contributed by atoms with Gasteiger partial charge in [0.15, 0.2) is 0 Å². The van der Waals surface area contributed by atoms with Crippen LogP contribution in [0.25, 0.3) is 10.9 Å². The van der Waals surface area contributed by atoms with Crippen LogP contribution in [0.1, 0.15) is 15.9 Å². The first kappa shape index (κ1) is 13.3. The van der Waals surface area contributed by atoms with Crippen LogP contribution in [0.2, 0.25) is 0 Å². The molecule has 1 amide bonds. The van der Waals surface area contributed by atoms with Crippen LogP contribution >= 0.6 is 0 Å². The van der Waals surface area contributed by atoms with Gasteiger partial charge in [-0.05, 0) is 41.3 Å². The van der Waals surface area contributed by atoms with Crippen molar-refractivity contribution in [3.8, 4) is 0 Å². The fourth-order valence-electron chi connectivity index (χ4n) is 2.31. The molecule has 2 aromatic carbocycles. The van der Waals surface area contributed by atoms with Crippen LogP contribution in [-0.2, 0) is 6.54 Å². The van der Waals surface area contributed by atoms with E-state index in [1.807, 2.05) is 22.9 Å². The highest BCUT2D eigenvalue weighted by molar-refractivity contribution is 5.97. The molecule has 3 rings (SSSR count). The number of nitrogens with zero attached hydrogens (tertiary/aromatic N) is 1. The molecule has 5 heteroatoms. The fraction of sp³-hybridized carbons (Fsp3) is 0.0625. The number of carbonyl (C=O) groups excluding carboxylic acids is 1. The van der Waals surface area contributed by atoms with E-state index < -0.39 is 5.91 Å². The number of fused-ring (bicyclic) bond motifs is 1. The summed E-state index contributed by atoms with van der Waals surface area (Å²) >= 11 is 0. The minimum atomic E-state index is -0.550. The summed E-state index contributed by atoms with van der Waals surface area (Å²) < 4.78 is 14.9. The maximum atomic E-state index is 12.9. The van der Waals surface area contributed by atoms with Gasteiger partial charge < -0.3 is 4.57 Å². The highest BCUT2D eigenvalue weighted by Crippen LogP contribution is 2.19. The Hall–Kier alpha value is -2.66. The van der Waals surface area contributed by atoms with Crippen molar-refractivity contribution in [1.82, 2.24) is 10.0 Å². The van der Waals surface area contributed by atoms with Gasteiger partial charge in [0.25, 0.3) is 5.91 Å². The quantitative estimate of drug-likeness (QED) is 0.574. The third kappa shape index (κ3) is 2.64. The zero-order valence-electron chi connectivity index (χ0n) is 11.1. The van der Waals surface area contributed by atoms with E-state index in [0.717, 1.165) is 16.5 Å². The number of nitrogens with one attached hydrogen (secondary N) is 1. The van der Waals surface area contributed by atoms with Gasteiger partial charge in [-0.15, -0.1) is 0 Å². The normalized spacial score (nSPS) is 10.8. The summed E-state index contributed by atoms with van der Waals surface area (Å²) in [6.45, 7) is 0.577. The summed E-state index contributed by atoms with van der Waals surface area (Å²) in [6, 6.07) is 13.4. The number of aromatic nitrogens is 1. The van der Waals surface area contributed by atoms with E-state index in [1.54, 1.807) is 29.7 Å². The molecule has 0 saturated carbocycles. The smallest absolute Gasteiger partial charge is 0.274 e. The average Bonchev–Trinajstić information content (AvgIpc) is 2.91. The number of hydroxylamine groups is 1. The molecule has 0 spiro atoms. The van der Waals surface area contributed by atoms with Crippen molar-refractivity contribution >= 4 is 16.8 Å². The van der Waals surface area contributed by atoms with Gasteiger partial charge in [-0.2, -0.15) is 0 Å². The van der Waals surface area contributed by atoms with E-state index >= 15 is 0 Å². The first-order chi connectivity index (χ1) is 10.2. The second-order valence-corrected chi connectivity index (χ2v) is 4.78. The summed E-state index contributed by atoms with van der Waals surface area (Å²) in [5.41, 5.74) is 3.84. The molecule has 0 aliphatic rings. The lowest BCUT2D eigenvalue weighted by molar-refractivity contribution is 0.0706. The minimum Gasteiger partial charge on any atom is -0.343 e. The highest BCUT2D eigenvalue weighted by Gasteiger charge is 2.08. The van der Waals surface area contributed by atoms with Crippen LogP contribution in [0, 0.1) is 5.82 Å². The molecule has 0 aliphatic carbocycles. The molecule has 3 aromatic rings. The lowest BCUT2D eigenvalue weighted by atomic mass is 10.1. The largest absolute Gasteiger partial charge is 0.343 e. The van der Waals surface area contributed by atoms with Crippen LogP contribution in [0.15, 0.2) is 54.7 Å². The Morgan fingerprint density at radius 3 is 2.62 bits per heavy atom. The van der Waals surface area contributed by atoms with Gasteiger partial charge in [-0.3, -0.25) is 10.0 Å². The Morgan fingerprint density at radius 1 is 1.14 bits per heavy atom. The highest BCUT2D eigenvalue weighted by atomic mass is 19.1. The summed E-state index contributed by atoms with van der Waals surface area (Å²) in [6.07, 6.45) is 1.91. The number of carbonyl (C=O) groups is 1. The monoisotopic (exact) mass is 284 g/mol. The fourth-order valence-corrected chi connectivity index (χ4v) is 2.31. The van der Waals surface area contributed by atoms with Crippen molar-refractivity contribution in [2.45, 2.75) is 6.54 Å². The van der Waals surface area contributed by atoms with E-state index in [-0.39, 0.29) is 5.82 Å². The Bertz CT molecular complexity index is 794. The van der Waals surface area contributed by atoms with Gasteiger partial charge >= 0.3 is 0 Å². The first-order valence-corrected chi connectivity index (χ1v) is 6.45. The molecule has 4 nitrogen and oxygen atoms in total. The number of hydrogen-bond acceptors (Lipinski definition) is 2. The zero-order chi connectivity index (χ0) is 14.8. The molecule has 106 valence electrons. The lowest BCUT2D eigenvalue weighted by Gasteiger charge is -2.07. The third-order valence-electron chi connectivity index (χ3n) is 3.40. The Kier molecular flexibility index (Phi) is 3.41. The van der Waals surface area contributed by atoms with E-state index in [1.165, 1.54) is 12.1 Å². The maximum Gasteiger partial charge on any atom is 0.274 e. The second-order valence-electron chi connectivity index (χ2n) is 4.78. The van der Waals surface area contributed by atoms with Gasteiger partial charge in [0.1, 0.15) is 5.82 Å². The molecule has 21 heavy (non-hydrogen) atoms. The SMILES string of the molecule is O=C(NO)c1ccc2ccn(Cc3ccc(F)cc3)c2c1. The molecule has 0 bridgehead atoms. The molecule has 1 heterocycles. The maximum absolute atomic E-state index is 12.9. The van der Waals surface area contributed by atoms with E-state index in [2.05, 4.69) is 0 Å². The van der Waals surface area contributed by atoms with Gasteiger partial charge in [-0.25, -0.2) is 9.87 Å². The number of amides is 1. The van der Waals surface area contributed by atoms with Crippen LogP contribution in [0.5, 0.6) is 0 Å². The van der Waals surface area contributed by atoms with Gasteiger partial charge in [0.2, 0.25) is 0 Å². The van der Waals surface area contributed by atoms with Gasteiger partial charge in [-0.1, -0.05) is 18.2 Å². The van der Waals surface area contributed by atoms with Crippen LogP contribution in [-0.4, -0.2) is 15.7 Å². The molecular formula is C16H13FN2O2. The van der Waals surface area contributed by atoms with Crippen molar-refractivity contribution in [3.63, 3.8) is 0 Å². The van der Waals surface area contributed by atoms with Crippen molar-refractivity contribution in [2.24, 2.45) is 0 Å². The summed E-state index contributed by atoms with van der Waals surface area (Å²) in [4.78, 5) is 11.5. The summed E-state index contributed by atoms with van der Waals surface area (Å²) in [5.74, 6) is -0.815. The standard InChI is InChI=1S/C16H13FN2O2/c17-14-5-1-11(2-6-14)10-19-8-7-12-3-4-13(9-15(12)19)16(20)18-21/h1-9,21H,10H2,(H,18,20). The van der Waals surface area contributed by atoms with Crippen molar-refractivity contribution in [2.75, 3.05) is 0 Å². The average molecular weight is 284 g/mol. The van der Waals surface area contributed by atoms with Gasteiger partial charge in [0, 0.05) is 23.8 Å². The van der Waals surface area contributed by atoms with Crippen molar-refractivity contribution < 1.29 is 14.4 Å². The Morgan fingerprint density at radius 2 is 1.90 bits per heavy atom. The van der Waals surface area contributed by atoms with Gasteiger partial charge in [0.05, 0.1) is 0 Å². The topological polar surface area (TPSA) is 54.3 Å². The van der Waals surface area contributed by atoms with Crippen LogP contribution in [0.3, 0.4) is 0 Å². The molecule has 0 atom stereocenters. The molecule has 2 N–H and O–H groups in total. The van der Waals surface area contributed by atoms with Crippen molar-refractivity contribution in [1.29, 1.82) is 0 Å². The molecule has 0 radical (unpaired) electrons. The summed E-state index contributed by atoms with van der Waals surface area (Å²) in [7, 11) is 0. The Balaban J connectivity index is 1.98. The number of hydrogen-bond donors (Lipinski definition) is 2. The predicted octanol–water partition coefficient (Wildman–Crippen LogP) is 2.95. The second kappa shape index (κ2) is 5.38. The lowest BCUT2D eigenvalue weighted by Crippen LogP contribution is -2.18. The van der Waals surface area contributed by atoms with Crippen molar-refractivity contribution in [3.05, 3.63) is 71.7 Å². The number of halogens is 1. The predicted molar refractivity (Wildman–Crippen MR) is 76.7 cm³/mol. The summed E-state index contributed by atoms with van der Waals surface area (Å²) in [5, 5.41) is 9.69. The molecule has 0 unspecified atom stereocenters. The third-order valence-corrected chi connectivity index (χ3v) is 3.40. The number of rotatable bonds is 3. The molecule has 0 saturated heterocycles. The molecular weight excluding hydrogens is 271 g/mol. The number of benzene rings is 2. The first-order valence-electron chi connectivity index (χ1n) is 6.45. The molecule has 1 aromatic heterocycles.